The Kier molecular flexibility index (Phi) is 2.67. The van der Waals surface area contributed by atoms with Crippen LogP contribution in [0.5, 0.6) is 5.75 Å². The summed E-state index contributed by atoms with van der Waals surface area (Å²) >= 11 is 0. The lowest BCUT2D eigenvalue weighted by Gasteiger charge is -1.98. The van der Waals surface area contributed by atoms with Gasteiger partial charge in [-0.3, -0.25) is 0 Å². The monoisotopic (exact) mass is 260 g/mol. The fourth-order valence-electron chi connectivity index (χ4n) is 1.98. The predicted molar refractivity (Wildman–Crippen MR) is 66.9 cm³/mol. The Labute approximate surface area is 107 Å². The van der Waals surface area contributed by atoms with Crippen LogP contribution in [0, 0.1) is 11.6 Å². The van der Waals surface area contributed by atoms with Crippen LogP contribution < -0.4 is 0 Å². The second kappa shape index (κ2) is 4.35. The van der Waals surface area contributed by atoms with Crippen molar-refractivity contribution in [2.45, 2.75) is 6.42 Å². The first-order valence-electron chi connectivity index (χ1n) is 5.73. The van der Waals surface area contributed by atoms with E-state index in [4.69, 9.17) is 0 Å². The van der Waals surface area contributed by atoms with Crippen LogP contribution in [0.15, 0.2) is 36.4 Å². The van der Waals surface area contributed by atoms with Crippen molar-refractivity contribution in [3.8, 4) is 5.75 Å². The fourth-order valence-corrected chi connectivity index (χ4v) is 1.98. The molecule has 5 heteroatoms. The minimum Gasteiger partial charge on any atom is -0.508 e. The molecule has 0 spiro atoms. The van der Waals surface area contributed by atoms with E-state index in [1.807, 2.05) is 0 Å². The summed E-state index contributed by atoms with van der Waals surface area (Å²) in [4.78, 5) is 7.00. The molecular weight excluding hydrogens is 250 g/mol. The van der Waals surface area contributed by atoms with E-state index in [9.17, 15) is 13.9 Å². The number of aromatic hydroxyl groups is 1. The number of nitrogens with one attached hydrogen (secondary N) is 1. The van der Waals surface area contributed by atoms with Crippen LogP contribution >= 0.6 is 0 Å². The Bertz CT molecular complexity index is 735. The number of rotatable bonds is 2. The highest BCUT2D eigenvalue weighted by atomic mass is 19.1. The quantitative estimate of drug-likeness (QED) is 0.743. The summed E-state index contributed by atoms with van der Waals surface area (Å²) in [7, 11) is 0. The molecule has 0 radical (unpaired) electrons. The first kappa shape index (κ1) is 11.6. The average Bonchev–Trinajstić information content (AvgIpc) is 2.75. The zero-order valence-electron chi connectivity index (χ0n) is 9.82. The number of phenols is 1. The van der Waals surface area contributed by atoms with Crippen LogP contribution in [-0.2, 0) is 6.42 Å². The molecule has 3 rings (SSSR count). The fraction of sp³-hybridized carbons (Fsp3) is 0.0714. The van der Waals surface area contributed by atoms with Gasteiger partial charge in [0.05, 0.1) is 5.52 Å². The van der Waals surface area contributed by atoms with E-state index >= 15 is 0 Å². The van der Waals surface area contributed by atoms with Crippen molar-refractivity contribution in [2.75, 3.05) is 0 Å². The minimum absolute atomic E-state index is 0.134. The second-order valence-electron chi connectivity index (χ2n) is 4.31. The molecule has 0 unspecified atom stereocenters. The molecule has 3 nitrogen and oxygen atoms in total. The molecule has 0 amide bonds. The molecule has 1 heterocycles. The first-order chi connectivity index (χ1) is 9.11. The van der Waals surface area contributed by atoms with E-state index in [0.717, 1.165) is 11.6 Å². The largest absolute Gasteiger partial charge is 0.508 e. The standard InChI is InChI=1S/C14H10F2N2O/c15-9-6-11(16)14-12(7-9)17-13(18-14)5-8-1-3-10(19)4-2-8/h1-4,6-7,19H,5H2,(H,17,18). The number of hydrogen-bond donors (Lipinski definition) is 2. The molecule has 0 aliphatic heterocycles. The van der Waals surface area contributed by atoms with Gasteiger partial charge in [-0.15, -0.1) is 0 Å². The number of imidazole rings is 1. The Morgan fingerprint density at radius 1 is 1.11 bits per heavy atom. The van der Waals surface area contributed by atoms with E-state index in [1.165, 1.54) is 6.07 Å². The molecule has 0 saturated heterocycles. The van der Waals surface area contributed by atoms with Gasteiger partial charge in [-0.25, -0.2) is 13.8 Å². The Balaban J connectivity index is 1.97. The van der Waals surface area contributed by atoms with Crippen molar-refractivity contribution in [1.82, 2.24) is 9.97 Å². The highest BCUT2D eigenvalue weighted by molar-refractivity contribution is 5.75. The van der Waals surface area contributed by atoms with Crippen molar-refractivity contribution in [1.29, 1.82) is 0 Å². The van der Waals surface area contributed by atoms with Gasteiger partial charge < -0.3 is 10.1 Å². The molecule has 1 aromatic heterocycles. The molecule has 0 aliphatic rings. The third-order valence-corrected chi connectivity index (χ3v) is 2.86. The first-order valence-corrected chi connectivity index (χ1v) is 5.73. The van der Waals surface area contributed by atoms with Crippen LogP contribution in [0.2, 0.25) is 0 Å². The van der Waals surface area contributed by atoms with Crippen molar-refractivity contribution in [2.24, 2.45) is 0 Å². The summed E-state index contributed by atoms with van der Waals surface area (Å²) in [5.74, 6) is -0.584. The second-order valence-corrected chi connectivity index (χ2v) is 4.31. The van der Waals surface area contributed by atoms with E-state index in [0.29, 0.717) is 17.8 Å². The van der Waals surface area contributed by atoms with Gasteiger partial charge in [0.15, 0.2) is 5.82 Å². The lowest BCUT2D eigenvalue weighted by molar-refractivity contribution is 0.475. The maximum Gasteiger partial charge on any atom is 0.153 e. The third-order valence-electron chi connectivity index (χ3n) is 2.86. The number of fused-ring (bicyclic) bond motifs is 1. The van der Waals surface area contributed by atoms with Crippen molar-refractivity contribution in [3.05, 3.63) is 59.4 Å². The highest BCUT2D eigenvalue weighted by Crippen LogP contribution is 2.19. The van der Waals surface area contributed by atoms with Crippen molar-refractivity contribution in [3.63, 3.8) is 0 Å². The number of aromatic amines is 1. The van der Waals surface area contributed by atoms with Gasteiger partial charge in [0, 0.05) is 12.5 Å². The van der Waals surface area contributed by atoms with Gasteiger partial charge in [0.2, 0.25) is 0 Å². The van der Waals surface area contributed by atoms with Crippen LogP contribution in [0.4, 0.5) is 8.78 Å². The normalized spacial score (nSPS) is 11.1. The Hall–Kier alpha value is -2.43. The smallest absolute Gasteiger partial charge is 0.153 e. The van der Waals surface area contributed by atoms with E-state index in [2.05, 4.69) is 9.97 Å². The summed E-state index contributed by atoms with van der Waals surface area (Å²) in [6.45, 7) is 0. The molecule has 0 bridgehead atoms. The number of benzene rings is 2. The summed E-state index contributed by atoms with van der Waals surface area (Å²) in [5.41, 5.74) is 1.39. The van der Waals surface area contributed by atoms with Crippen LogP contribution in [0.25, 0.3) is 11.0 Å². The van der Waals surface area contributed by atoms with Gasteiger partial charge >= 0.3 is 0 Å². The van der Waals surface area contributed by atoms with Gasteiger partial charge in [-0.2, -0.15) is 0 Å². The summed E-state index contributed by atoms with van der Waals surface area (Å²) < 4.78 is 26.6. The number of aromatic nitrogens is 2. The molecule has 0 atom stereocenters. The van der Waals surface area contributed by atoms with Crippen molar-refractivity contribution < 1.29 is 13.9 Å². The van der Waals surface area contributed by atoms with E-state index in [1.54, 1.807) is 24.3 Å². The highest BCUT2D eigenvalue weighted by Gasteiger charge is 2.10. The van der Waals surface area contributed by atoms with E-state index in [-0.39, 0.29) is 11.3 Å². The molecule has 0 saturated carbocycles. The lowest BCUT2D eigenvalue weighted by atomic mass is 10.1. The van der Waals surface area contributed by atoms with Gasteiger partial charge in [0.25, 0.3) is 0 Å². The minimum atomic E-state index is -0.678. The number of phenolic OH excluding ortho intramolecular Hbond substituents is 1. The topological polar surface area (TPSA) is 48.9 Å². The average molecular weight is 260 g/mol. The third kappa shape index (κ3) is 2.27. The van der Waals surface area contributed by atoms with Crippen LogP contribution in [0.1, 0.15) is 11.4 Å². The predicted octanol–water partition coefficient (Wildman–Crippen LogP) is 3.14. The maximum atomic E-state index is 13.5. The molecule has 3 aromatic rings. The summed E-state index contributed by atoms with van der Waals surface area (Å²) in [6, 6.07) is 8.66. The van der Waals surface area contributed by atoms with Gasteiger partial charge in [0.1, 0.15) is 22.9 Å². The van der Waals surface area contributed by atoms with Crippen LogP contribution in [0.3, 0.4) is 0 Å². The number of H-pyrrole nitrogens is 1. The van der Waals surface area contributed by atoms with E-state index < -0.39 is 11.6 Å². The zero-order valence-corrected chi connectivity index (χ0v) is 9.82. The zero-order chi connectivity index (χ0) is 13.4. The SMILES string of the molecule is Oc1ccc(Cc2nc3c(F)cc(F)cc3[nH]2)cc1. The Morgan fingerprint density at radius 2 is 1.84 bits per heavy atom. The molecule has 0 fully saturated rings. The van der Waals surface area contributed by atoms with Crippen molar-refractivity contribution >= 4 is 11.0 Å². The molecule has 2 N–H and O–H groups in total. The van der Waals surface area contributed by atoms with Crippen LogP contribution in [-0.4, -0.2) is 15.1 Å². The number of halogens is 2. The maximum absolute atomic E-state index is 13.5. The lowest BCUT2D eigenvalue weighted by Crippen LogP contribution is -1.89. The molecule has 96 valence electrons. The molecule has 19 heavy (non-hydrogen) atoms. The summed E-state index contributed by atoms with van der Waals surface area (Å²) in [5, 5.41) is 9.19. The summed E-state index contributed by atoms with van der Waals surface area (Å²) in [6.07, 6.45) is 0.454. The Morgan fingerprint density at radius 3 is 2.58 bits per heavy atom. The molecular formula is C14H10F2N2O. The number of hydrogen-bond acceptors (Lipinski definition) is 2. The molecule has 2 aromatic carbocycles. The van der Waals surface area contributed by atoms with Gasteiger partial charge in [-0.05, 0) is 23.8 Å². The molecule has 0 aliphatic carbocycles. The van der Waals surface area contributed by atoms with Gasteiger partial charge in [-0.1, -0.05) is 12.1 Å². The number of nitrogens with zero attached hydrogens (tertiary/aromatic N) is 1.